The van der Waals surface area contributed by atoms with E-state index in [0.29, 0.717) is 6.61 Å². The normalized spacial score (nSPS) is 15.7. The van der Waals surface area contributed by atoms with Crippen LogP contribution in [0.4, 0.5) is 0 Å². The molecule has 0 radical (unpaired) electrons. The fraction of sp³-hybridized carbons (Fsp3) is 0.280. The van der Waals surface area contributed by atoms with E-state index >= 15 is 0 Å². The zero-order valence-electron chi connectivity index (χ0n) is 16.9. The summed E-state index contributed by atoms with van der Waals surface area (Å²) < 4.78 is 17.9. The van der Waals surface area contributed by atoms with E-state index in [2.05, 4.69) is 67.6 Å². The Hall–Kier alpha value is -2.56. The lowest BCUT2D eigenvalue weighted by molar-refractivity contribution is 0.263. The molecule has 0 aromatic heterocycles. The van der Waals surface area contributed by atoms with Crippen molar-refractivity contribution in [2.45, 2.75) is 31.9 Å². The molecule has 4 heteroatoms. The second-order valence-corrected chi connectivity index (χ2v) is 11.0. The maximum atomic E-state index is 6.93. The Morgan fingerprint density at radius 3 is 1.90 bits per heavy atom. The highest BCUT2D eigenvalue weighted by atomic mass is 28.4. The van der Waals surface area contributed by atoms with Crippen molar-refractivity contribution >= 4 is 18.7 Å². The summed E-state index contributed by atoms with van der Waals surface area (Å²) in [7, 11) is -2.41. The van der Waals surface area contributed by atoms with Crippen molar-refractivity contribution in [2.24, 2.45) is 0 Å². The lowest BCUT2D eigenvalue weighted by Gasteiger charge is -2.33. The van der Waals surface area contributed by atoms with E-state index in [1.54, 1.807) is 0 Å². The lowest BCUT2D eigenvalue weighted by Crippen LogP contribution is -2.63. The van der Waals surface area contributed by atoms with Gasteiger partial charge in [-0.25, -0.2) is 0 Å². The molecular formula is C25H28O3Si. The molecule has 1 fully saturated rings. The van der Waals surface area contributed by atoms with Crippen molar-refractivity contribution in [3.05, 3.63) is 84.9 Å². The van der Waals surface area contributed by atoms with E-state index in [4.69, 9.17) is 13.9 Å². The third-order valence-electron chi connectivity index (χ3n) is 5.32. The van der Waals surface area contributed by atoms with Gasteiger partial charge in [-0.05, 0) is 40.7 Å². The van der Waals surface area contributed by atoms with Gasteiger partial charge < -0.3 is 13.9 Å². The highest BCUT2D eigenvalue weighted by Gasteiger charge is 2.41. The van der Waals surface area contributed by atoms with Gasteiger partial charge in [0.05, 0.1) is 6.61 Å². The van der Waals surface area contributed by atoms with Crippen LogP contribution in [0.15, 0.2) is 84.9 Å². The second kappa shape index (κ2) is 9.29. The summed E-state index contributed by atoms with van der Waals surface area (Å²) in [6, 6.07) is 30.6. The molecule has 3 aromatic rings. The lowest BCUT2D eigenvalue weighted by atomic mass is 10.3. The molecule has 0 N–H and O–H groups in total. The van der Waals surface area contributed by atoms with Crippen LogP contribution in [0.25, 0.3) is 0 Å². The molecule has 150 valence electrons. The van der Waals surface area contributed by atoms with Gasteiger partial charge in [0, 0.05) is 0 Å². The fourth-order valence-electron chi connectivity index (χ4n) is 3.62. The Labute approximate surface area is 174 Å². The Morgan fingerprint density at radius 1 is 0.828 bits per heavy atom. The second-order valence-electron chi connectivity index (χ2n) is 7.50. The number of epoxide rings is 1. The minimum atomic E-state index is -2.41. The first-order valence-corrected chi connectivity index (χ1v) is 12.6. The summed E-state index contributed by atoms with van der Waals surface area (Å²) in [5, 5.41) is 2.62. The molecular weight excluding hydrogens is 376 g/mol. The summed E-state index contributed by atoms with van der Waals surface area (Å²) >= 11 is 0. The molecule has 4 rings (SSSR count). The number of hydrogen-bond donors (Lipinski definition) is 0. The molecule has 3 nitrogen and oxygen atoms in total. The number of rotatable bonds is 10. The van der Waals surface area contributed by atoms with Gasteiger partial charge in [0.15, 0.2) is 0 Å². The van der Waals surface area contributed by atoms with Crippen LogP contribution in [0.5, 0.6) is 11.5 Å². The van der Waals surface area contributed by atoms with Crippen molar-refractivity contribution < 1.29 is 13.9 Å². The Bertz CT molecular complexity index is 837. The Kier molecular flexibility index (Phi) is 6.32. The average Bonchev–Trinajstić information content (AvgIpc) is 3.62. The molecule has 1 heterocycles. The van der Waals surface area contributed by atoms with Crippen LogP contribution in [0.1, 0.15) is 19.8 Å². The largest absolute Gasteiger partial charge is 0.535 e. The van der Waals surface area contributed by atoms with Crippen molar-refractivity contribution in [3.63, 3.8) is 0 Å². The number of ether oxygens (including phenoxy) is 2. The maximum absolute atomic E-state index is 6.93. The molecule has 29 heavy (non-hydrogen) atoms. The van der Waals surface area contributed by atoms with Crippen LogP contribution >= 0.6 is 0 Å². The third-order valence-corrected chi connectivity index (χ3v) is 9.49. The topological polar surface area (TPSA) is 31.0 Å². The van der Waals surface area contributed by atoms with Crippen LogP contribution in [-0.2, 0) is 4.74 Å². The van der Waals surface area contributed by atoms with Crippen LogP contribution in [0, 0.1) is 0 Å². The van der Waals surface area contributed by atoms with Gasteiger partial charge in [-0.1, -0.05) is 80.4 Å². The number of benzene rings is 3. The summed E-state index contributed by atoms with van der Waals surface area (Å²) in [4.78, 5) is 0. The number of hydrogen-bond acceptors (Lipinski definition) is 3. The minimum absolute atomic E-state index is 0.260. The molecule has 1 unspecified atom stereocenters. The van der Waals surface area contributed by atoms with E-state index in [0.717, 1.165) is 37.0 Å². The quantitative estimate of drug-likeness (QED) is 0.371. The van der Waals surface area contributed by atoms with Gasteiger partial charge in [-0.15, -0.1) is 0 Å². The Morgan fingerprint density at radius 2 is 1.38 bits per heavy atom. The summed E-state index contributed by atoms with van der Waals surface area (Å²) in [5.41, 5.74) is 0. The van der Waals surface area contributed by atoms with E-state index in [1.807, 2.05) is 24.3 Å². The molecule has 0 spiro atoms. The zero-order chi connectivity index (χ0) is 19.9. The monoisotopic (exact) mass is 404 g/mol. The van der Waals surface area contributed by atoms with Gasteiger partial charge in [-0.2, -0.15) is 0 Å². The molecule has 1 saturated heterocycles. The molecule has 1 atom stereocenters. The SMILES string of the molecule is CCCC[Si](Oc1ccc(OCC2CO2)cc1)(c1ccccc1)c1ccccc1. The third kappa shape index (κ3) is 4.89. The molecule has 1 aliphatic rings. The van der Waals surface area contributed by atoms with Crippen LogP contribution in [-0.4, -0.2) is 27.6 Å². The molecule has 0 aliphatic carbocycles. The van der Waals surface area contributed by atoms with Gasteiger partial charge >= 0.3 is 8.32 Å². The van der Waals surface area contributed by atoms with Gasteiger partial charge in [0.25, 0.3) is 0 Å². The smallest absolute Gasteiger partial charge is 0.314 e. The molecule has 3 aromatic carbocycles. The summed E-state index contributed by atoms with van der Waals surface area (Å²) in [6.45, 7) is 3.66. The van der Waals surface area contributed by atoms with Crippen molar-refractivity contribution in [1.82, 2.24) is 0 Å². The molecule has 0 bridgehead atoms. The Balaban J connectivity index is 1.65. The minimum Gasteiger partial charge on any atom is -0.535 e. The van der Waals surface area contributed by atoms with E-state index < -0.39 is 8.32 Å². The van der Waals surface area contributed by atoms with Gasteiger partial charge in [0.1, 0.15) is 24.2 Å². The van der Waals surface area contributed by atoms with Crippen LogP contribution < -0.4 is 19.5 Å². The van der Waals surface area contributed by atoms with Gasteiger partial charge in [-0.3, -0.25) is 0 Å². The first kappa shape index (κ1) is 19.7. The molecule has 0 amide bonds. The number of unbranched alkanes of at least 4 members (excludes halogenated alkanes) is 1. The molecule has 1 aliphatic heterocycles. The van der Waals surface area contributed by atoms with E-state index in [-0.39, 0.29) is 6.10 Å². The fourth-order valence-corrected chi connectivity index (χ4v) is 7.72. The highest BCUT2D eigenvalue weighted by Crippen LogP contribution is 2.25. The maximum Gasteiger partial charge on any atom is 0.314 e. The van der Waals surface area contributed by atoms with Crippen LogP contribution in [0.3, 0.4) is 0 Å². The van der Waals surface area contributed by atoms with Crippen LogP contribution in [0.2, 0.25) is 6.04 Å². The van der Waals surface area contributed by atoms with Crippen molar-refractivity contribution in [1.29, 1.82) is 0 Å². The summed E-state index contributed by atoms with van der Waals surface area (Å²) in [6.07, 6.45) is 2.54. The first-order chi connectivity index (χ1) is 14.3. The average molecular weight is 405 g/mol. The predicted octanol–water partition coefficient (Wildman–Crippen LogP) is 4.40. The van der Waals surface area contributed by atoms with Crippen molar-refractivity contribution in [3.8, 4) is 11.5 Å². The standard InChI is InChI=1S/C25H28O3Si/c1-2-3-18-29(24-10-6-4-7-11-24,25-12-8-5-9-13-25)28-22-16-14-21(15-17-22)26-19-23-20-27-23/h4-17,23H,2-3,18-20H2,1H3. The van der Waals surface area contributed by atoms with E-state index in [9.17, 15) is 0 Å². The summed E-state index contributed by atoms with van der Waals surface area (Å²) in [5.74, 6) is 1.75. The highest BCUT2D eigenvalue weighted by molar-refractivity contribution is 6.98. The van der Waals surface area contributed by atoms with E-state index in [1.165, 1.54) is 10.4 Å². The predicted molar refractivity (Wildman–Crippen MR) is 120 cm³/mol. The zero-order valence-corrected chi connectivity index (χ0v) is 17.9. The molecule has 0 saturated carbocycles. The van der Waals surface area contributed by atoms with Gasteiger partial charge in [0.2, 0.25) is 0 Å². The van der Waals surface area contributed by atoms with Crippen molar-refractivity contribution in [2.75, 3.05) is 13.2 Å². The first-order valence-electron chi connectivity index (χ1n) is 10.4.